The van der Waals surface area contributed by atoms with Gasteiger partial charge in [0.05, 0.1) is 4.90 Å². The van der Waals surface area contributed by atoms with Crippen molar-refractivity contribution in [2.24, 2.45) is 5.41 Å². The number of nitrogens with one attached hydrogen (secondary N) is 1. The highest BCUT2D eigenvalue weighted by Gasteiger charge is 2.29. The van der Waals surface area contributed by atoms with Gasteiger partial charge in [-0.15, -0.1) is 0 Å². The van der Waals surface area contributed by atoms with Gasteiger partial charge < -0.3 is 5.11 Å². The molecule has 0 aliphatic heterocycles. The molecule has 1 rings (SSSR count). The van der Waals surface area contributed by atoms with Crippen molar-refractivity contribution in [3.05, 3.63) is 29.3 Å². The average molecular weight is 306 g/mol. The Morgan fingerprint density at radius 3 is 2.47 bits per heavy atom. The van der Waals surface area contributed by atoms with Crippen LogP contribution in [0.4, 0.5) is 0 Å². The van der Waals surface area contributed by atoms with Gasteiger partial charge in [-0.05, 0) is 30.0 Å². The molecule has 0 spiro atoms. The van der Waals surface area contributed by atoms with Crippen molar-refractivity contribution < 1.29 is 13.5 Å². The van der Waals surface area contributed by atoms with Crippen LogP contribution >= 0.6 is 11.6 Å². The third kappa shape index (κ3) is 4.76. The summed E-state index contributed by atoms with van der Waals surface area (Å²) in [7, 11) is -3.63. The summed E-state index contributed by atoms with van der Waals surface area (Å²) in [5.41, 5.74) is -0.283. The number of hydrogen-bond donors (Lipinski definition) is 2. The van der Waals surface area contributed by atoms with Crippen molar-refractivity contribution in [3.8, 4) is 0 Å². The fourth-order valence-corrected chi connectivity index (χ4v) is 3.46. The number of aliphatic hydroxyl groups excluding tert-OH is 1. The summed E-state index contributed by atoms with van der Waals surface area (Å²) in [6, 6.07) is 5.77. The van der Waals surface area contributed by atoms with Gasteiger partial charge >= 0.3 is 0 Å². The van der Waals surface area contributed by atoms with Crippen LogP contribution in [0.2, 0.25) is 5.02 Å². The van der Waals surface area contributed by atoms with Crippen molar-refractivity contribution >= 4 is 21.6 Å². The Balaban J connectivity index is 3.01. The first kappa shape index (κ1) is 16.4. The Hall–Kier alpha value is -0.620. The van der Waals surface area contributed by atoms with Gasteiger partial charge in [0.25, 0.3) is 0 Å². The van der Waals surface area contributed by atoms with Crippen LogP contribution < -0.4 is 4.72 Å². The van der Waals surface area contributed by atoms with Gasteiger partial charge in [0, 0.05) is 17.7 Å². The SMILES string of the molecule is CC(C)(C)[C@H](CCO)NS(=O)(=O)c1cccc(Cl)c1. The van der Waals surface area contributed by atoms with E-state index < -0.39 is 10.0 Å². The Morgan fingerprint density at radius 2 is 2.00 bits per heavy atom. The van der Waals surface area contributed by atoms with Crippen LogP contribution in [0.1, 0.15) is 27.2 Å². The molecule has 0 saturated heterocycles. The molecule has 1 aromatic rings. The predicted molar refractivity (Wildman–Crippen MR) is 76.7 cm³/mol. The maximum atomic E-state index is 12.3. The van der Waals surface area contributed by atoms with Gasteiger partial charge in [-0.2, -0.15) is 0 Å². The van der Waals surface area contributed by atoms with Crippen molar-refractivity contribution in [2.75, 3.05) is 6.61 Å². The molecule has 2 N–H and O–H groups in total. The monoisotopic (exact) mass is 305 g/mol. The van der Waals surface area contributed by atoms with Gasteiger partial charge in [0.15, 0.2) is 0 Å². The molecule has 19 heavy (non-hydrogen) atoms. The lowest BCUT2D eigenvalue weighted by atomic mass is 9.86. The average Bonchev–Trinajstić information content (AvgIpc) is 2.27. The fourth-order valence-electron chi connectivity index (χ4n) is 1.69. The lowest BCUT2D eigenvalue weighted by Gasteiger charge is -2.30. The number of aliphatic hydroxyl groups is 1. The van der Waals surface area contributed by atoms with Crippen LogP contribution in [0.5, 0.6) is 0 Å². The van der Waals surface area contributed by atoms with Crippen LogP contribution in [0.25, 0.3) is 0 Å². The summed E-state index contributed by atoms with van der Waals surface area (Å²) in [6.07, 6.45) is 0.364. The first-order valence-electron chi connectivity index (χ1n) is 6.05. The molecular formula is C13H20ClNO3S. The summed E-state index contributed by atoms with van der Waals surface area (Å²) in [5, 5.41) is 9.43. The highest BCUT2D eigenvalue weighted by atomic mass is 35.5. The highest BCUT2D eigenvalue weighted by molar-refractivity contribution is 7.89. The second kappa shape index (κ2) is 6.22. The molecule has 6 heteroatoms. The predicted octanol–water partition coefficient (Wildman–Crippen LogP) is 2.42. The zero-order chi connectivity index (χ0) is 14.7. The molecule has 0 unspecified atom stereocenters. The summed E-state index contributed by atoms with van der Waals surface area (Å²) in [5.74, 6) is 0. The van der Waals surface area contributed by atoms with Gasteiger partial charge in [-0.3, -0.25) is 0 Å². The molecule has 0 saturated carbocycles. The summed E-state index contributed by atoms with van der Waals surface area (Å²) in [6.45, 7) is 5.70. The maximum Gasteiger partial charge on any atom is 0.240 e. The number of hydrogen-bond acceptors (Lipinski definition) is 3. The van der Waals surface area contributed by atoms with E-state index in [0.717, 1.165) is 0 Å². The van der Waals surface area contributed by atoms with Crippen LogP contribution in [0, 0.1) is 5.41 Å². The normalized spacial score (nSPS) is 14.4. The molecule has 1 aromatic carbocycles. The van der Waals surface area contributed by atoms with Crippen molar-refractivity contribution in [3.63, 3.8) is 0 Å². The zero-order valence-electron chi connectivity index (χ0n) is 11.4. The Kier molecular flexibility index (Phi) is 5.38. The second-order valence-corrected chi connectivity index (χ2v) is 7.66. The van der Waals surface area contributed by atoms with E-state index in [1.807, 2.05) is 20.8 Å². The van der Waals surface area contributed by atoms with E-state index >= 15 is 0 Å². The van der Waals surface area contributed by atoms with Crippen LogP contribution in [0.3, 0.4) is 0 Å². The van der Waals surface area contributed by atoms with Gasteiger partial charge in [-0.1, -0.05) is 38.4 Å². The lowest BCUT2D eigenvalue weighted by molar-refractivity contribution is 0.214. The molecule has 0 amide bonds. The van der Waals surface area contributed by atoms with Crippen LogP contribution in [-0.2, 0) is 10.0 Å². The van der Waals surface area contributed by atoms with Crippen LogP contribution in [-0.4, -0.2) is 26.2 Å². The van der Waals surface area contributed by atoms with E-state index in [1.54, 1.807) is 12.1 Å². The number of halogens is 1. The second-order valence-electron chi connectivity index (χ2n) is 5.51. The number of sulfonamides is 1. The zero-order valence-corrected chi connectivity index (χ0v) is 12.9. The van der Waals surface area contributed by atoms with E-state index in [2.05, 4.69) is 4.72 Å². The molecule has 1 atom stereocenters. The summed E-state index contributed by atoms with van der Waals surface area (Å²) in [4.78, 5) is 0.132. The lowest BCUT2D eigenvalue weighted by Crippen LogP contribution is -2.44. The molecule has 0 aliphatic carbocycles. The molecule has 0 heterocycles. The van der Waals surface area contributed by atoms with Crippen molar-refractivity contribution in [1.29, 1.82) is 0 Å². The minimum absolute atomic E-state index is 0.0694. The van der Waals surface area contributed by atoms with Crippen molar-refractivity contribution in [2.45, 2.75) is 38.1 Å². The molecule has 0 fully saturated rings. The van der Waals surface area contributed by atoms with E-state index in [9.17, 15) is 8.42 Å². The minimum atomic E-state index is -3.63. The molecule has 0 aliphatic rings. The molecule has 0 bridgehead atoms. The molecule has 0 aromatic heterocycles. The molecule has 108 valence electrons. The first-order chi connectivity index (χ1) is 8.66. The van der Waals surface area contributed by atoms with Gasteiger partial charge in [0.1, 0.15) is 0 Å². The molecule has 4 nitrogen and oxygen atoms in total. The van der Waals surface area contributed by atoms with E-state index in [1.165, 1.54) is 12.1 Å². The summed E-state index contributed by atoms with van der Waals surface area (Å²) < 4.78 is 27.2. The maximum absolute atomic E-state index is 12.3. The van der Waals surface area contributed by atoms with E-state index in [4.69, 9.17) is 16.7 Å². The van der Waals surface area contributed by atoms with Gasteiger partial charge in [0.2, 0.25) is 10.0 Å². The summed E-state index contributed by atoms with van der Waals surface area (Å²) >= 11 is 5.81. The Morgan fingerprint density at radius 1 is 1.37 bits per heavy atom. The third-order valence-electron chi connectivity index (χ3n) is 2.87. The number of rotatable bonds is 5. The number of benzene rings is 1. The fraction of sp³-hybridized carbons (Fsp3) is 0.538. The third-order valence-corrected chi connectivity index (χ3v) is 4.57. The standard InChI is InChI=1S/C13H20ClNO3S/c1-13(2,3)12(7-8-16)15-19(17,18)11-6-4-5-10(14)9-11/h4-6,9,12,15-16H,7-8H2,1-3H3/t12-/m0/s1. The smallest absolute Gasteiger partial charge is 0.240 e. The topological polar surface area (TPSA) is 66.4 Å². The Labute approximate surface area is 119 Å². The van der Waals surface area contributed by atoms with Crippen LogP contribution in [0.15, 0.2) is 29.2 Å². The molecule has 0 radical (unpaired) electrons. The largest absolute Gasteiger partial charge is 0.396 e. The first-order valence-corrected chi connectivity index (χ1v) is 7.91. The van der Waals surface area contributed by atoms with Gasteiger partial charge in [-0.25, -0.2) is 13.1 Å². The molecular weight excluding hydrogens is 286 g/mol. The van der Waals surface area contributed by atoms with E-state index in [0.29, 0.717) is 11.4 Å². The Bertz CT molecular complexity index is 523. The highest BCUT2D eigenvalue weighted by Crippen LogP contribution is 2.24. The van der Waals surface area contributed by atoms with Crippen molar-refractivity contribution in [1.82, 2.24) is 4.72 Å². The quantitative estimate of drug-likeness (QED) is 0.878. The van der Waals surface area contributed by atoms with E-state index in [-0.39, 0.29) is 23.0 Å². The minimum Gasteiger partial charge on any atom is -0.396 e.